The highest BCUT2D eigenvalue weighted by atomic mass is 28.3. The van der Waals surface area contributed by atoms with E-state index in [9.17, 15) is 0 Å². The van der Waals surface area contributed by atoms with E-state index in [0.717, 1.165) is 0 Å². The summed E-state index contributed by atoms with van der Waals surface area (Å²) in [4.78, 5) is 0. The molecule has 0 fully saturated rings. The van der Waals surface area contributed by atoms with Gasteiger partial charge in [-0.05, 0) is 31.7 Å². The molecule has 0 aromatic rings. The first-order valence-electron chi connectivity index (χ1n) is 5.76. The first-order valence-corrected chi connectivity index (χ1v) is 9.46. The lowest BCUT2D eigenvalue weighted by Gasteiger charge is -2.19. The van der Waals surface area contributed by atoms with Crippen LogP contribution in [0.25, 0.3) is 0 Å². The predicted octanol–water partition coefficient (Wildman–Crippen LogP) is 4.61. The highest BCUT2D eigenvalue weighted by Gasteiger charge is 2.15. The summed E-state index contributed by atoms with van der Waals surface area (Å²) in [5, 5.41) is 0. The van der Waals surface area contributed by atoms with Gasteiger partial charge in [0.1, 0.15) is 0 Å². The van der Waals surface area contributed by atoms with Crippen LogP contribution in [0.3, 0.4) is 0 Å². The van der Waals surface area contributed by atoms with Crippen molar-refractivity contribution in [1.82, 2.24) is 0 Å². The predicted molar refractivity (Wildman–Crippen MR) is 63.9 cm³/mol. The highest BCUT2D eigenvalue weighted by molar-refractivity contribution is 6.76. The molecule has 76 valence electrons. The Morgan fingerprint density at radius 3 is 2.46 bits per heavy atom. The Balaban J connectivity index is 2.45. The summed E-state index contributed by atoms with van der Waals surface area (Å²) in [6.07, 6.45) is 11.1. The van der Waals surface area contributed by atoms with E-state index in [-0.39, 0.29) is 0 Å². The van der Waals surface area contributed by atoms with Gasteiger partial charge in [0.15, 0.2) is 0 Å². The van der Waals surface area contributed by atoms with Crippen LogP contribution in [0.15, 0.2) is 11.6 Å². The zero-order chi connectivity index (χ0) is 9.73. The smallest absolute Gasteiger partial charge is 0.0483 e. The van der Waals surface area contributed by atoms with Gasteiger partial charge in [-0.15, -0.1) is 0 Å². The van der Waals surface area contributed by atoms with Crippen molar-refractivity contribution < 1.29 is 0 Å². The zero-order valence-corrected chi connectivity index (χ0v) is 10.5. The van der Waals surface area contributed by atoms with Crippen molar-refractivity contribution in [3.63, 3.8) is 0 Å². The molecule has 0 saturated carbocycles. The second-order valence-corrected chi connectivity index (χ2v) is 11.0. The van der Waals surface area contributed by atoms with Crippen molar-refractivity contribution in [1.29, 1.82) is 0 Å². The lowest BCUT2D eigenvalue weighted by Crippen LogP contribution is -2.20. The fourth-order valence-corrected chi connectivity index (χ4v) is 3.78. The second kappa shape index (κ2) is 4.99. The molecule has 0 N–H and O–H groups in total. The van der Waals surface area contributed by atoms with Crippen LogP contribution in [0.2, 0.25) is 25.7 Å². The molecule has 1 rings (SSSR count). The van der Waals surface area contributed by atoms with Crippen LogP contribution >= 0.6 is 0 Å². The third kappa shape index (κ3) is 5.30. The van der Waals surface area contributed by atoms with Gasteiger partial charge in [-0.3, -0.25) is 0 Å². The maximum Gasteiger partial charge on any atom is 0.0483 e. The van der Waals surface area contributed by atoms with Gasteiger partial charge in [0, 0.05) is 8.07 Å². The molecule has 0 heterocycles. The van der Waals surface area contributed by atoms with Crippen molar-refractivity contribution >= 4 is 8.07 Å². The maximum atomic E-state index is 2.54. The largest absolute Gasteiger partial charge is 0.0856 e. The average molecular weight is 196 g/mol. The molecule has 0 nitrogen and oxygen atoms in total. The minimum Gasteiger partial charge on any atom is -0.0856 e. The monoisotopic (exact) mass is 196 g/mol. The van der Waals surface area contributed by atoms with Crippen LogP contribution in [0.4, 0.5) is 0 Å². The Bertz CT molecular complexity index is 174. The van der Waals surface area contributed by atoms with Gasteiger partial charge in [0.2, 0.25) is 0 Å². The number of hydrogen-bond acceptors (Lipinski definition) is 0. The molecule has 0 radical (unpaired) electrons. The van der Waals surface area contributed by atoms with Crippen molar-refractivity contribution in [2.45, 2.75) is 64.2 Å². The van der Waals surface area contributed by atoms with E-state index in [2.05, 4.69) is 25.7 Å². The van der Waals surface area contributed by atoms with Crippen LogP contribution in [-0.2, 0) is 0 Å². The quantitative estimate of drug-likeness (QED) is 0.447. The number of hydrogen-bond donors (Lipinski definition) is 0. The molecule has 0 saturated heterocycles. The van der Waals surface area contributed by atoms with Crippen LogP contribution < -0.4 is 0 Å². The summed E-state index contributed by atoms with van der Waals surface area (Å²) in [5.41, 5.74) is 1.78. The molecule has 0 spiro atoms. The molecule has 0 unspecified atom stereocenters. The normalized spacial score (nSPS) is 24.4. The van der Waals surface area contributed by atoms with Crippen LogP contribution in [-0.4, -0.2) is 8.07 Å². The van der Waals surface area contributed by atoms with E-state index in [1.165, 1.54) is 44.6 Å². The third-order valence-corrected chi connectivity index (χ3v) is 4.16. The lowest BCUT2D eigenvalue weighted by atomic mass is 10.0. The summed E-state index contributed by atoms with van der Waals surface area (Å²) < 4.78 is 0. The summed E-state index contributed by atoms with van der Waals surface area (Å²) in [5.74, 6) is 0. The third-order valence-electron chi connectivity index (χ3n) is 2.64. The average Bonchev–Trinajstić information content (AvgIpc) is 1.92. The Kier molecular flexibility index (Phi) is 4.24. The van der Waals surface area contributed by atoms with Gasteiger partial charge in [0.25, 0.3) is 0 Å². The zero-order valence-electron chi connectivity index (χ0n) is 9.53. The van der Waals surface area contributed by atoms with Gasteiger partial charge in [-0.25, -0.2) is 0 Å². The molecular formula is C12H24Si. The highest BCUT2D eigenvalue weighted by Crippen LogP contribution is 2.24. The SMILES string of the molecule is C[Si](C)(C)C/C1=C/CCCCCC1. The lowest BCUT2D eigenvalue weighted by molar-refractivity contribution is 0.624. The van der Waals surface area contributed by atoms with Gasteiger partial charge in [0.05, 0.1) is 0 Å². The topological polar surface area (TPSA) is 0 Å². The second-order valence-electron chi connectivity index (χ2n) is 5.55. The minimum atomic E-state index is -0.852. The first-order chi connectivity index (χ1) is 6.08. The fraction of sp³-hybridized carbons (Fsp3) is 0.833. The van der Waals surface area contributed by atoms with Crippen LogP contribution in [0.1, 0.15) is 38.5 Å². The molecular weight excluding hydrogens is 172 g/mol. The molecule has 1 aliphatic carbocycles. The summed E-state index contributed by atoms with van der Waals surface area (Å²) >= 11 is 0. The van der Waals surface area contributed by atoms with Crippen LogP contribution in [0.5, 0.6) is 0 Å². The van der Waals surface area contributed by atoms with E-state index in [0.29, 0.717) is 0 Å². The summed E-state index contributed by atoms with van der Waals surface area (Å²) in [7, 11) is -0.852. The van der Waals surface area contributed by atoms with E-state index >= 15 is 0 Å². The van der Waals surface area contributed by atoms with Crippen molar-refractivity contribution in [3.8, 4) is 0 Å². The minimum absolute atomic E-state index is 0.852. The summed E-state index contributed by atoms with van der Waals surface area (Å²) in [6.45, 7) is 7.44. The molecule has 0 atom stereocenters. The molecule has 1 aliphatic rings. The molecule has 0 bridgehead atoms. The Labute approximate surface area is 84.4 Å². The van der Waals surface area contributed by atoms with E-state index < -0.39 is 8.07 Å². The van der Waals surface area contributed by atoms with E-state index in [1.807, 2.05) is 0 Å². The molecule has 13 heavy (non-hydrogen) atoms. The molecule has 0 aromatic carbocycles. The van der Waals surface area contributed by atoms with Crippen molar-refractivity contribution in [2.75, 3.05) is 0 Å². The van der Waals surface area contributed by atoms with Crippen molar-refractivity contribution in [2.24, 2.45) is 0 Å². The first kappa shape index (κ1) is 11.0. The molecule has 0 aliphatic heterocycles. The molecule has 0 amide bonds. The van der Waals surface area contributed by atoms with E-state index in [4.69, 9.17) is 0 Å². The Morgan fingerprint density at radius 1 is 1.08 bits per heavy atom. The standard InChI is InChI=1S/C12H24Si/c1-13(2,3)11-12-9-7-5-4-6-8-10-12/h9H,4-8,10-11H2,1-3H3/b12-9+. The van der Waals surface area contributed by atoms with Gasteiger partial charge >= 0.3 is 0 Å². The maximum absolute atomic E-state index is 2.54. The molecule has 1 heteroatoms. The van der Waals surface area contributed by atoms with E-state index in [1.54, 1.807) is 5.57 Å². The van der Waals surface area contributed by atoms with Gasteiger partial charge in [-0.2, -0.15) is 0 Å². The number of rotatable bonds is 2. The van der Waals surface area contributed by atoms with Gasteiger partial charge in [-0.1, -0.05) is 44.1 Å². The van der Waals surface area contributed by atoms with Crippen LogP contribution in [0, 0.1) is 0 Å². The number of allylic oxidation sites excluding steroid dienone is 2. The van der Waals surface area contributed by atoms with Gasteiger partial charge < -0.3 is 0 Å². The Hall–Kier alpha value is -0.0431. The fourth-order valence-electron chi connectivity index (χ4n) is 2.10. The molecule has 0 aromatic heterocycles. The summed E-state index contributed by atoms with van der Waals surface area (Å²) in [6, 6.07) is 1.44. The van der Waals surface area contributed by atoms with Crippen molar-refractivity contribution in [3.05, 3.63) is 11.6 Å². The Morgan fingerprint density at radius 2 is 1.77 bits per heavy atom.